The molecule has 0 bridgehead atoms. The third-order valence-corrected chi connectivity index (χ3v) is 6.58. The van der Waals surface area contributed by atoms with Gasteiger partial charge < -0.3 is 9.72 Å². The molecule has 0 amide bonds. The Bertz CT molecular complexity index is 735. The number of nitrogens with zero attached hydrogens (tertiary/aromatic N) is 1. The predicted octanol–water partition coefficient (Wildman–Crippen LogP) is 4.57. The summed E-state index contributed by atoms with van der Waals surface area (Å²) < 4.78 is 5.86. The Balaban J connectivity index is 1.57. The highest BCUT2D eigenvalue weighted by atomic mass is 16.5. The Morgan fingerprint density at radius 1 is 1.25 bits per heavy atom. The zero-order chi connectivity index (χ0) is 16.7. The van der Waals surface area contributed by atoms with Crippen LogP contribution in [-0.4, -0.2) is 36.2 Å². The molecule has 24 heavy (non-hydrogen) atoms. The second-order valence-corrected chi connectivity index (χ2v) is 8.02. The summed E-state index contributed by atoms with van der Waals surface area (Å²) in [4.78, 5) is 6.37. The largest absolute Gasteiger partial charge is 0.381 e. The van der Waals surface area contributed by atoms with Gasteiger partial charge in [0.05, 0.1) is 6.10 Å². The van der Waals surface area contributed by atoms with Crippen LogP contribution in [0, 0.1) is 19.3 Å². The van der Waals surface area contributed by atoms with Crippen LogP contribution in [0.15, 0.2) is 18.2 Å². The molecule has 1 saturated heterocycles. The molecule has 2 aliphatic rings. The molecule has 0 unspecified atom stereocenters. The van der Waals surface area contributed by atoms with E-state index in [1.807, 2.05) is 7.11 Å². The van der Waals surface area contributed by atoms with Gasteiger partial charge in [-0.05, 0) is 57.2 Å². The number of methoxy groups -OCH3 is 1. The van der Waals surface area contributed by atoms with Gasteiger partial charge in [-0.3, -0.25) is 4.90 Å². The second-order valence-electron chi connectivity index (χ2n) is 8.02. The van der Waals surface area contributed by atoms with Crippen molar-refractivity contribution in [1.82, 2.24) is 9.88 Å². The molecule has 1 saturated carbocycles. The summed E-state index contributed by atoms with van der Waals surface area (Å²) in [5.74, 6) is 0. The molecule has 1 aromatic heterocycles. The number of fused-ring (bicyclic) bond motifs is 1. The van der Waals surface area contributed by atoms with Crippen molar-refractivity contribution in [1.29, 1.82) is 0 Å². The number of H-pyrrole nitrogens is 1. The lowest BCUT2D eigenvalue weighted by Gasteiger charge is -2.43. The van der Waals surface area contributed by atoms with Gasteiger partial charge >= 0.3 is 0 Å². The van der Waals surface area contributed by atoms with Crippen molar-refractivity contribution in [3.63, 3.8) is 0 Å². The minimum absolute atomic E-state index is 0.406. The fourth-order valence-corrected chi connectivity index (χ4v) is 5.27. The van der Waals surface area contributed by atoms with Crippen LogP contribution in [0.3, 0.4) is 0 Å². The Morgan fingerprint density at radius 2 is 2.08 bits per heavy atom. The molecule has 1 N–H and O–H groups in total. The SMILES string of the molecule is CO[C@@H]1CCC[C@]12CCCN(Cc1[nH]c3c(C)cccc3c1C)C2. The van der Waals surface area contributed by atoms with Crippen LogP contribution in [0.25, 0.3) is 10.9 Å². The van der Waals surface area contributed by atoms with Crippen molar-refractivity contribution >= 4 is 10.9 Å². The quantitative estimate of drug-likeness (QED) is 0.895. The topological polar surface area (TPSA) is 28.3 Å². The normalized spacial score (nSPS) is 28.2. The Labute approximate surface area is 145 Å². The molecular weight excluding hydrogens is 296 g/mol. The van der Waals surface area contributed by atoms with E-state index in [9.17, 15) is 0 Å². The lowest BCUT2D eigenvalue weighted by atomic mass is 9.76. The number of hydrogen-bond donors (Lipinski definition) is 1. The van der Waals surface area contributed by atoms with Crippen LogP contribution in [0.5, 0.6) is 0 Å². The van der Waals surface area contributed by atoms with Gasteiger partial charge in [0.25, 0.3) is 0 Å². The number of para-hydroxylation sites is 1. The van der Waals surface area contributed by atoms with Gasteiger partial charge in [0.1, 0.15) is 0 Å². The number of aromatic nitrogens is 1. The fraction of sp³-hybridized carbons (Fsp3) is 0.619. The molecule has 130 valence electrons. The Hall–Kier alpha value is -1.32. The van der Waals surface area contributed by atoms with Crippen molar-refractivity contribution in [3.05, 3.63) is 35.0 Å². The van der Waals surface area contributed by atoms with Crippen LogP contribution < -0.4 is 0 Å². The van der Waals surface area contributed by atoms with E-state index in [-0.39, 0.29) is 0 Å². The molecule has 2 fully saturated rings. The Morgan fingerprint density at radius 3 is 2.88 bits per heavy atom. The predicted molar refractivity (Wildman–Crippen MR) is 99.4 cm³/mol. The maximum Gasteiger partial charge on any atom is 0.0639 e. The van der Waals surface area contributed by atoms with Crippen LogP contribution in [0.4, 0.5) is 0 Å². The molecule has 4 rings (SSSR count). The van der Waals surface area contributed by atoms with E-state index in [2.05, 4.69) is 41.9 Å². The number of likely N-dealkylation sites (tertiary alicyclic amines) is 1. The molecule has 3 heteroatoms. The maximum atomic E-state index is 5.86. The van der Waals surface area contributed by atoms with E-state index in [4.69, 9.17) is 4.74 Å². The van der Waals surface area contributed by atoms with E-state index < -0.39 is 0 Å². The first-order chi connectivity index (χ1) is 11.6. The minimum Gasteiger partial charge on any atom is -0.381 e. The summed E-state index contributed by atoms with van der Waals surface area (Å²) >= 11 is 0. The summed E-state index contributed by atoms with van der Waals surface area (Å²) in [5.41, 5.74) is 5.87. The van der Waals surface area contributed by atoms with Crippen LogP contribution in [0.1, 0.15) is 48.9 Å². The smallest absolute Gasteiger partial charge is 0.0639 e. The van der Waals surface area contributed by atoms with Crippen molar-refractivity contribution in [2.45, 2.75) is 58.6 Å². The van der Waals surface area contributed by atoms with Crippen molar-refractivity contribution in [2.75, 3.05) is 20.2 Å². The van der Waals surface area contributed by atoms with Gasteiger partial charge in [-0.1, -0.05) is 24.6 Å². The first-order valence-electron chi connectivity index (χ1n) is 9.45. The van der Waals surface area contributed by atoms with E-state index in [1.165, 1.54) is 72.9 Å². The van der Waals surface area contributed by atoms with Gasteiger partial charge in [0.2, 0.25) is 0 Å². The van der Waals surface area contributed by atoms with Crippen molar-refractivity contribution < 1.29 is 4.74 Å². The molecule has 1 aliphatic heterocycles. The number of piperidine rings is 1. The van der Waals surface area contributed by atoms with Crippen LogP contribution >= 0.6 is 0 Å². The van der Waals surface area contributed by atoms with E-state index in [1.54, 1.807) is 0 Å². The number of hydrogen-bond acceptors (Lipinski definition) is 2. The van der Waals surface area contributed by atoms with Crippen LogP contribution in [-0.2, 0) is 11.3 Å². The van der Waals surface area contributed by atoms with Gasteiger partial charge in [0, 0.05) is 42.2 Å². The zero-order valence-electron chi connectivity index (χ0n) is 15.3. The number of aromatic amines is 1. The monoisotopic (exact) mass is 326 g/mol. The summed E-state index contributed by atoms with van der Waals surface area (Å²) in [5, 5.41) is 1.38. The average Bonchev–Trinajstić information content (AvgIpc) is 3.11. The lowest BCUT2D eigenvalue weighted by Crippen LogP contribution is -2.47. The third kappa shape index (κ3) is 2.58. The zero-order valence-corrected chi connectivity index (χ0v) is 15.3. The van der Waals surface area contributed by atoms with E-state index in [0.717, 1.165) is 6.54 Å². The first-order valence-corrected chi connectivity index (χ1v) is 9.45. The van der Waals surface area contributed by atoms with E-state index >= 15 is 0 Å². The number of rotatable bonds is 3. The van der Waals surface area contributed by atoms with Gasteiger partial charge in [0.15, 0.2) is 0 Å². The number of aryl methyl sites for hydroxylation is 2. The number of benzene rings is 1. The molecule has 2 atom stereocenters. The van der Waals surface area contributed by atoms with Crippen LogP contribution in [0.2, 0.25) is 0 Å². The molecular formula is C21H30N2O. The number of ether oxygens (including phenoxy) is 1. The van der Waals surface area contributed by atoms with E-state index in [0.29, 0.717) is 11.5 Å². The summed E-state index contributed by atoms with van der Waals surface area (Å²) in [7, 11) is 1.90. The van der Waals surface area contributed by atoms with Gasteiger partial charge in [-0.25, -0.2) is 0 Å². The summed E-state index contributed by atoms with van der Waals surface area (Å²) in [6.07, 6.45) is 7.02. The highest BCUT2D eigenvalue weighted by Gasteiger charge is 2.45. The fourth-order valence-electron chi connectivity index (χ4n) is 5.27. The van der Waals surface area contributed by atoms with Gasteiger partial charge in [-0.2, -0.15) is 0 Å². The van der Waals surface area contributed by atoms with Gasteiger partial charge in [-0.15, -0.1) is 0 Å². The highest BCUT2D eigenvalue weighted by Crippen LogP contribution is 2.46. The summed E-state index contributed by atoms with van der Waals surface area (Å²) in [6.45, 7) is 7.91. The molecule has 2 aromatic rings. The third-order valence-electron chi connectivity index (χ3n) is 6.58. The summed E-state index contributed by atoms with van der Waals surface area (Å²) in [6, 6.07) is 6.60. The molecule has 0 radical (unpaired) electrons. The Kier molecular flexibility index (Phi) is 4.17. The molecule has 3 nitrogen and oxygen atoms in total. The van der Waals surface area contributed by atoms with Crippen molar-refractivity contribution in [3.8, 4) is 0 Å². The minimum atomic E-state index is 0.406. The standard InChI is InChI=1S/C21H30N2O/c1-15-7-4-8-17-16(2)18(22-20(15)17)13-23-12-6-11-21(14-23)10-5-9-19(21)24-3/h4,7-8,19,22H,5-6,9-14H2,1-3H3/t19-,21-/m1/s1. The lowest BCUT2D eigenvalue weighted by molar-refractivity contribution is -0.0368. The molecule has 1 aliphatic carbocycles. The molecule has 2 heterocycles. The average molecular weight is 326 g/mol. The molecule has 1 spiro atoms. The maximum absolute atomic E-state index is 5.86. The first kappa shape index (κ1) is 16.2. The number of nitrogens with one attached hydrogen (secondary N) is 1. The van der Waals surface area contributed by atoms with Crippen molar-refractivity contribution in [2.24, 2.45) is 5.41 Å². The second kappa shape index (κ2) is 6.20. The molecule has 1 aromatic carbocycles. The highest BCUT2D eigenvalue weighted by molar-refractivity contribution is 5.86.